The Morgan fingerprint density at radius 3 is 3.00 bits per heavy atom. The third kappa shape index (κ3) is 1.99. The minimum Gasteiger partial charge on any atom is -0.353 e. The van der Waals surface area contributed by atoms with E-state index >= 15 is 0 Å². The fraction of sp³-hybridized carbons (Fsp3) is 0.500. The summed E-state index contributed by atoms with van der Waals surface area (Å²) < 4.78 is 69.9. The van der Waals surface area contributed by atoms with E-state index in [-0.39, 0.29) is 14.5 Å². The lowest BCUT2D eigenvalue weighted by molar-refractivity contribution is 0.584. The zero-order valence-corrected chi connectivity index (χ0v) is 8.94. The number of rotatable bonds is 1. The standard InChI is InChI=1S/C8H10BrClN4/c9-6-7(10)12-5-13-8(6)14-3-1-11-2-4-14/h5,11H,1-4H2/i1D2,2D2,3D2,4D2,5D. The molecule has 0 aromatic carbocycles. The van der Waals surface area contributed by atoms with Gasteiger partial charge in [0.15, 0.2) is 0 Å². The predicted molar refractivity (Wildman–Crippen MR) is 59.8 cm³/mol. The SMILES string of the molecule is [2H]c1nc(Cl)c(Br)c(N2C([2H])([2H])C([2H])([2H])NC([2H])([2H])C2([2H])[2H])n1. The van der Waals surface area contributed by atoms with E-state index in [4.69, 9.17) is 23.9 Å². The fourth-order valence-corrected chi connectivity index (χ4v) is 1.26. The van der Waals surface area contributed by atoms with Crippen molar-refractivity contribution >= 4 is 33.3 Å². The van der Waals surface area contributed by atoms with Crippen molar-refractivity contribution < 1.29 is 12.3 Å². The molecule has 1 aromatic heterocycles. The molecule has 0 amide bonds. The van der Waals surface area contributed by atoms with Crippen LogP contribution >= 0.6 is 27.5 Å². The number of aromatic nitrogens is 2. The molecule has 1 aliphatic heterocycles. The van der Waals surface area contributed by atoms with E-state index in [9.17, 15) is 0 Å². The summed E-state index contributed by atoms with van der Waals surface area (Å²) in [6.07, 6.45) is -0.653. The van der Waals surface area contributed by atoms with Gasteiger partial charge >= 0.3 is 0 Å². The highest BCUT2D eigenvalue weighted by Gasteiger charge is 2.16. The van der Waals surface area contributed by atoms with E-state index in [1.165, 1.54) is 0 Å². The number of nitrogens with one attached hydrogen (secondary N) is 1. The lowest BCUT2D eigenvalue weighted by Gasteiger charge is -2.28. The summed E-state index contributed by atoms with van der Waals surface area (Å²) in [6, 6.07) is 0. The van der Waals surface area contributed by atoms with E-state index in [0.29, 0.717) is 0 Å². The van der Waals surface area contributed by atoms with Gasteiger partial charge in [-0.15, -0.1) is 0 Å². The van der Waals surface area contributed by atoms with Crippen molar-refractivity contribution in [3.8, 4) is 0 Å². The maximum atomic E-state index is 7.96. The lowest BCUT2D eigenvalue weighted by atomic mass is 10.3. The van der Waals surface area contributed by atoms with Gasteiger partial charge in [0, 0.05) is 31.5 Å². The van der Waals surface area contributed by atoms with Gasteiger partial charge in [-0.3, -0.25) is 0 Å². The van der Waals surface area contributed by atoms with Crippen molar-refractivity contribution in [3.05, 3.63) is 15.9 Å². The van der Waals surface area contributed by atoms with Gasteiger partial charge < -0.3 is 10.2 Å². The molecule has 0 unspecified atom stereocenters. The number of piperazine rings is 1. The highest BCUT2D eigenvalue weighted by molar-refractivity contribution is 9.10. The highest BCUT2D eigenvalue weighted by atomic mass is 79.9. The third-order valence-corrected chi connectivity index (χ3v) is 2.59. The zero-order chi connectivity index (χ0) is 18.0. The molecule has 1 aromatic rings. The smallest absolute Gasteiger partial charge is 0.148 e. The van der Waals surface area contributed by atoms with Crippen LogP contribution in [-0.2, 0) is 0 Å². The van der Waals surface area contributed by atoms with Crippen LogP contribution in [0, 0.1) is 0 Å². The Morgan fingerprint density at radius 2 is 2.29 bits per heavy atom. The Labute approximate surface area is 108 Å². The van der Waals surface area contributed by atoms with Crippen molar-refractivity contribution in [2.45, 2.75) is 0 Å². The summed E-state index contributed by atoms with van der Waals surface area (Å²) in [7, 11) is 0. The van der Waals surface area contributed by atoms with Crippen LogP contribution < -0.4 is 10.2 Å². The molecule has 0 aliphatic carbocycles. The molecule has 0 atom stereocenters. The lowest BCUT2D eigenvalue weighted by Crippen LogP contribution is -2.44. The van der Waals surface area contributed by atoms with E-state index in [2.05, 4.69) is 25.9 Å². The molecule has 1 N–H and O–H groups in total. The first-order chi connectivity index (χ1) is 10.1. The molecule has 14 heavy (non-hydrogen) atoms. The highest BCUT2D eigenvalue weighted by Crippen LogP contribution is 2.28. The summed E-state index contributed by atoms with van der Waals surface area (Å²) in [5.74, 6) is -0.570. The number of nitrogens with zero attached hydrogens (tertiary/aromatic N) is 3. The van der Waals surface area contributed by atoms with Crippen LogP contribution in [0.3, 0.4) is 0 Å². The molecule has 2 rings (SSSR count). The predicted octanol–water partition coefficient (Wildman–Crippen LogP) is 1.30. The summed E-state index contributed by atoms with van der Waals surface area (Å²) in [5.41, 5.74) is 0. The van der Waals surface area contributed by atoms with Gasteiger partial charge in [0.05, 0.1) is 9.96 Å². The van der Waals surface area contributed by atoms with Crippen molar-refractivity contribution in [1.29, 1.82) is 0 Å². The fourth-order valence-electron chi connectivity index (χ4n) is 0.788. The normalized spacial score (nSPS) is 41.0. The molecule has 4 nitrogen and oxygen atoms in total. The Bertz CT molecular complexity index is 629. The summed E-state index contributed by atoms with van der Waals surface area (Å²) in [6.45, 7) is -12.1. The van der Waals surface area contributed by atoms with Crippen molar-refractivity contribution in [3.63, 3.8) is 0 Å². The molecule has 1 aliphatic rings. The van der Waals surface area contributed by atoms with Crippen molar-refractivity contribution in [1.82, 2.24) is 15.3 Å². The van der Waals surface area contributed by atoms with Gasteiger partial charge in [-0.2, -0.15) is 0 Å². The van der Waals surface area contributed by atoms with Gasteiger partial charge in [-0.1, -0.05) is 11.6 Å². The van der Waals surface area contributed by atoms with Crippen LogP contribution in [0.25, 0.3) is 0 Å². The molecule has 76 valence electrons. The van der Waals surface area contributed by atoms with Gasteiger partial charge in [0.2, 0.25) is 0 Å². The van der Waals surface area contributed by atoms with Crippen LogP contribution in [0.15, 0.2) is 10.8 Å². The minimum atomic E-state index is -3.06. The minimum absolute atomic E-state index is 0.184. The number of hydrogen-bond acceptors (Lipinski definition) is 4. The number of halogens is 2. The Balaban J connectivity index is 2.80. The van der Waals surface area contributed by atoms with Crippen LogP contribution in [-0.4, -0.2) is 36.0 Å². The van der Waals surface area contributed by atoms with Crippen molar-refractivity contribution in [2.24, 2.45) is 0 Å². The molecule has 2 heterocycles. The monoisotopic (exact) mass is 285 g/mol. The average Bonchev–Trinajstić information content (AvgIpc) is 2.31. The third-order valence-electron chi connectivity index (χ3n) is 1.35. The average molecular weight is 287 g/mol. The molecule has 0 spiro atoms. The zero-order valence-electron chi connectivity index (χ0n) is 15.6. The van der Waals surface area contributed by atoms with Gasteiger partial charge in [-0.05, 0) is 15.9 Å². The molecule has 0 saturated carbocycles. The van der Waals surface area contributed by atoms with E-state index in [1.807, 2.05) is 0 Å². The van der Waals surface area contributed by atoms with E-state index in [0.717, 1.165) is 0 Å². The Hall–Kier alpha value is -0.390. The number of hydrogen-bond donors (Lipinski definition) is 1. The first kappa shape index (κ1) is 3.88. The quantitative estimate of drug-likeness (QED) is 0.790. The second kappa shape index (κ2) is 4.42. The van der Waals surface area contributed by atoms with Crippen LogP contribution in [0.2, 0.25) is 5.15 Å². The first-order valence-electron chi connectivity index (χ1n) is 7.94. The molecule has 0 radical (unpaired) electrons. The summed E-state index contributed by atoms with van der Waals surface area (Å²) >= 11 is 8.72. The molecule has 6 heteroatoms. The number of anilines is 1. The second-order valence-electron chi connectivity index (χ2n) is 2.19. The van der Waals surface area contributed by atoms with E-state index in [1.54, 1.807) is 5.32 Å². The van der Waals surface area contributed by atoms with Crippen LogP contribution in [0.1, 0.15) is 12.3 Å². The molecular formula is C8H10BrClN4. The van der Waals surface area contributed by atoms with Gasteiger partial charge in [-0.25, -0.2) is 9.97 Å². The maximum Gasteiger partial charge on any atom is 0.148 e. The van der Waals surface area contributed by atoms with E-state index < -0.39 is 38.1 Å². The summed E-state index contributed by atoms with van der Waals surface area (Å²) in [5, 5.41) is 1.38. The second-order valence-corrected chi connectivity index (χ2v) is 3.34. The maximum absolute atomic E-state index is 7.96. The summed E-state index contributed by atoms with van der Waals surface area (Å²) in [4.78, 5) is 7.27. The topological polar surface area (TPSA) is 41.1 Å². The largest absolute Gasteiger partial charge is 0.353 e. The Kier molecular flexibility index (Phi) is 1.23. The first-order valence-corrected chi connectivity index (χ1v) is 4.61. The van der Waals surface area contributed by atoms with Gasteiger partial charge in [0.25, 0.3) is 0 Å². The van der Waals surface area contributed by atoms with Gasteiger partial charge in [0.1, 0.15) is 18.6 Å². The van der Waals surface area contributed by atoms with Crippen LogP contribution in [0.5, 0.6) is 0 Å². The Morgan fingerprint density at radius 1 is 1.57 bits per heavy atom. The van der Waals surface area contributed by atoms with Crippen molar-refractivity contribution in [2.75, 3.05) is 30.9 Å². The molecular weight excluding hydrogens is 267 g/mol. The molecule has 0 bridgehead atoms. The molecule has 1 saturated heterocycles. The molecule has 1 fully saturated rings. The van der Waals surface area contributed by atoms with Crippen LogP contribution in [0.4, 0.5) is 5.82 Å².